The standard InChI is InChI=1S/C19H32ClN5O.HI/c1-14-11-25(12-15(2)26-14)19(3,4)13-24-18(21-5)22-9-8-16-6-7-17(20)23-10-16;/h6-7,10,14-15H,8-9,11-13H2,1-5H3,(H2,21,22,24);1H. The van der Waals surface area contributed by atoms with Crippen LogP contribution in [0.25, 0.3) is 0 Å². The second-order valence-corrected chi connectivity index (χ2v) is 7.95. The molecule has 0 radical (unpaired) electrons. The van der Waals surface area contributed by atoms with Crippen molar-refractivity contribution in [3.63, 3.8) is 0 Å². The van der Waals surface area contributed by atoms with Gasteiger partial charge in [0.1, 0.15) is 5.15 Å². The third-order valence-electron chi connectivity index (χ3n) is 4.68. The Labute approximate surface area is 185 Å². The van der Waals surface area contributed by atoms with Crippen LogP contribution in [0.4, 0.5) is 0 Å². The number of aliphatic imine (C=N–C) groups is 1. The molecule has 2 rings (SSSR count). The summed E-state index contributed by atoms with van der Waals surface area (Å²) < 4.78 is 5.85. The average Bonchev–Trinajstić information content (AvgIpc) is 2.58. The van der Waals surface area contributed by atoms with Crippen molar-refractivity contribution in [3.05, 3.63) is 29.0 Å². The first-order valence-electron chi connectivity index (χ1n) is 9.25. The van der Waals surface area contributed by atoms with E-state index in [2.05, 4.69) is 53.2 Å². The highest BCUT2D eigenvalue weighted by Crippen LogP contribution is 2.20. The molecule has 0 amide bonds. The second-order valence-electron chi connectivity index (χ2n) is 7.57. The summed E-state index contributed by atoms with van der Waals surface area (Å²) in [4.78, 5) is 10.9. The van der Waals surface area contributed by atoms with Gasteiger partial charge >= 0.3 is 0 Å². The summed E-state index contributed by atoms with van der Waals surface area (Å²) in [5, 5.41) is 7.33. The van der Waals surface area contributed by atoms with Crippen molar-refractivity contribution in [2.75, 3.05) is 33.2 Å². The third-order valence-corrected chi connectivity index (χ3v) is 4.91. The highest BCUT2D eigenvalue weighted by molar-refractivity contribution is 14.0. The number of ether oxygens (including phenoxy) is 1. The van der Waals surface area contributed by atoms with Crippen molar-refractivity contribution in [1.82, 2.24) is 20.5 Å². The van der Waals surface area contributed by atoms with E-state index in [-0.39, 0.29) is 41.7 Å². The number of aromatic nitrogens is 1. The number of guanidine groups is 1. The predicted octanol–water partition coefficient (Wildman–Crippen LogP) is 2.95. The van der Waals surface area contributed by atoms with E-state index >= 15 is 0 Å². The number of morpholine rings is 1. The van der Waals surface area contributed by atoms with Crippen molar-refractivity contribution >= 4 is 41.5 Å². The summed E-state index contributed by atoms with van der Waals surface area (Å²) in [7, 11) is 1.80. The zero-order chi connectivity index (χ0) is 19.2. The van der Waals surface area contributed by atoms with Crippen LogP contribution in [0.1, 0.15) is 33.3 Å². The fourth-order valence-corrected chi connectivity index (χ4v) is 3.30. The van der Waals surface area contributed by atoms with Crippen molar-refractivity contribution in [2.45, 2.75) is 51.9 Å². The molecule has 0 saturated carbocycles. The Kier molecular flexibility index (Phi) is 10.3. The first kappa shape index (κ1) is 24.4. The van der Waals surface area contributed by atoms with Crippen molar-refractivity contribution in [1.29, 1.82) is 0 Å². The van der Waals surface area contributed by atoms with Crippen LogP contribution in [-0.2, 0) is 11.2 Å². The van der Waals surface area contributed by atoms with E-state index in [4.69, 9.17) is 16.3 Å². The molecule has 1 fully saturated rings. The van der Waals surface area contributed by atoms with Crippen LogP contribution < -0.4 is 10.6 Å². The van der Waals surface area contributed by atoms with Gasteiger partial charge < -0.3 is 15.4 Å². The first-order chi connectivity index (χ1) is 12.3. The van der Waals surface area contributed by atoms with Gasteiger partial charge in [-0.2, -0.15) is 0 Å². The van der Waals surface area contributed by atoms with Gasteiger partial charge in [0.05, 0.1) is 12.2 Å². The van der Waals surface area contributed by atoms with Crippen LogP contribution in [0.5, 0.6) is 0 Å². The molecular formula is C19H33ClIN5O. The lowest BCUT2D eigenvalue weighted by atomic mass is 10.00. The van der Waals surface area contributed by atoms with Crippen molar-refractivity contribution < 1.29 is 4.74 Å². The second kappa shape index (κ2) is 11.4. The lowest BCUT2D eigenvalue weighted by molar-refractivity contribution is -0.0946. The Bertz CT molecular complexity index is 586. The summed E-state index contributed by atoms with van der Waals surface area (Å²) in [6.07, 6.45) is 3.21. The topological polar surface area (TPSA) is 61.8 Å². The Balaban J connectivity index is 0.00000364. The zero-order valence-electron chi connectivity index (χ0n) is 17.0. The average molecular weight is 510 g/mol. The number of hydrogen-bond acceptors (Lipinski definition) is 4. The maximum absolute atomic E-state index is 5.85. The molecule has 8 heteroatoms. The molecule has 0 aromatic carbocycles. The van der Waals surface area contributed by atoms with E-state index in [1.165, 1.54) is 0 Å². The molecule has 0 aliphatic carbocycles. The molecule has 1 saturated heterocycles. The molecule has 154 valence electrons. The number of nitrogens with one attached hydrogen (secondary N) is 2. The van der Waals surface area contributed by atoms with Crippen molar-refractivity contribution in [3.8, 4) is 0 Å². The third kappa shape index (κ3) is 8.09. The van der Waals surface area contributed by atoms with Gasteiger partial charge in [-0.1, -0.05) is 17.7 Å². The van der Waals surface area contributed by atoms with Crippen LogP contribution in [0.3, 0.4) is 0 Å². The molecule has 1 aliphatic rings. The fourth-order valence-electron chi connectivity index (χ4n) is 3.18. The van der Waals surface area contributed by atoms with Gasteiger partial charge in [0.2, 0.25) is 0 Å². The van der Waals surface area contributed by atoms with Gasteiger partial charge in [-0.25, -0.2) is 4.98 Å². The fraction of sp³-hybridized carbons (Fsp3) is 0.684. The molecule has 2 atom stereocenters. The molecule has 2 heterocycles. The lowest BCUT2D eigenvalue weighted by Crippen LogP contribution is -2.59. The minimum atomic E-state index is 0. The van der Waals surface area contributed by atoms with Crippen LogP contribution in [0.15, 0.2) is 23.3 Å². The number of nitrogens with zero attached hydrogens (tertiary/aromatic N) is 3. The van der Waals surface area contributed by atoms with Crippen LogP contribution >= 0.6 is 35.6 Å². The van der Waals surface area contributed by atoms with Gasteiger partial charge in [-0.3, -0.25) is 9.89 Å². The minimum absolute atomic E-state index is 0. The molecule has 1 aromatic heterocycles. The van der Waals surface area contributed by atoms with Gasteiger partial charge in [0.25, 0.3) is 0 Å². The first-order valence-corrected chi connectivity index (χ1v) is 9.63. The maximum Gasteiger partial charge on any atom is 0.191 e. The summed E-state index contributed by atoms with van der Waals surface area (Å²) in [6, 6.07) is 3.81. The quantitative estimate of drug-likeness (QED) is 0.267. The predicted molar refractivity (Wildman–Crippen MR) is 123 cm³/mol. The highest BCUT2D eigenvalue weighted by Gasteiger charge is 2.33. The molecule has 1 aromatic rings. The summed E-state index contributed by atoms with van der Waals surface area (Å²) in [5.74, 6) is 0.814. The van der Waals surface area contributed by atoms with Gasteiger partial charge in [-0.05, 0) is 45.7 Å². The SMILES string of the molecule is CN=C(NCCc1ccc(Cl)nc1)NCC(C)(C)N1CC(C)OC(C)C1.I. The molecule has 1 aliphatic heterocycles. The van der Waals surface area contributed by atoms with E-state index in [0.29, 0.717) is 5.15 Å². The molecular weight excluding hydrogens is 477 g/mol. The molecule has 6 nitrogen and oxygen atoms in total. The van der Waals surface area contributed by atoms with E-state index in [1.807, 2.05) is 18.3 Å². The smallest absolute Gasteiger partial charge is 0.191 e. The summed E-state index contributed by atoms with van der Waals surface area (Å²) in [6.45, 7) is 12.3. The number of pyridine rings is 1. The van der Waals surface area contributed by atoms with Crippen molar-refractivity contribution in [2.24, 2.45) is 4.99 Å². The highest BCUT2D eigenvalue weighted by atomic mass is 127. The van der Waals surface area contributed by atoms with Gasteiger partial charge in [0.15, 0.2) is 5.96 Å². The molecule has 2 N–H and O–H groups in total. The van der Waals surface area contributed by atoms with E-state index < -0.39 is 0 Å². The van der Waals surface area contributed by atoms with Crippen LogP contribution in [0.2, 0.25) is 5.15 Å². The minimum Gasteiger partial charge on any atom is -0.373 e. The van der Waals surface area contributed by atoms with E-state index in [1.54, 1.807) is 7.05 Å². The van der Waals surface area contributed by atoms with Gasteiger partial charge in [0, 0.05) is 45.0 Å². The van der Waals surface area contributed by atoms with E-state index in [9.17, 15) is 0 Å². The molecule has 0 spiro atoms. The van der Waals surface area contributed by atoms with Crippen LogP contribution in [0, 0.1) is 0 Å². The van der Waals surface area contributed by atoms with Crippen LogP contribution in [-0.4, -0.2) is 66.8 Å². The molecule has 2 unspecified atom stereocenters. The largest absolute Gasteiger partial charge is 0.373 e. The Morgan fingerprint density at radius 3 is 2.52 bits per heavy atom. The Morgan fingerprint density at radius 2 is 1.96 bits per heavy atom. The number of hydrogen-bond donors (Lipinski definition) is 2. The van der Waals surface area contributed by atoms with E-state index in [0.717, 1.165) is 44.1 Å². The number of halogens is 2. The maximum atomic E-state index is 5.85. The summed E-state index contributed by atoms with van der Waals surface area (Å²) in [5.41, 5.74) is 1.17. The normalized spacial score (nSPS) is 21.5. The van der Waals surface area contributed by atoms with Gasteiger partial charge in [-0.15, -0.1) is 24.0 Å². The Morgan fingerprint density at radius 1 is 1.30 bits per heavy atom. The molecule has 27 heavy (non-hydrogen) atoms. The monoisotopic (exact) mass is 509 g/mol. The Hall–Kier alpha value is -0.640. The molecule has 0 bridgehead atoms. The zero-order valence-corrected chi connectivity index (χ0v) is 20.0. The lowest BCUT2D eigenvalue weighted by Gasteiger charge is -2.45. The summed E-state index contributed by atoms with van der Waals surface area (Å²) >= 11 is 5.82. The number of rotatable bonds is 6.